The van der Waals surface area contributed by atoms with E-state index in [2.05, 4.69) is 9.47 Å². The Labute approximate surface area is 201 Å². The second kappa shape index (κ2) is 10.8. The van der Waals surface area contributed by atoms with Gasteiger partial charge in [-0.3, -0.25) is 25.0 Å². The second-order valence-electron chi connectivity index (χ2n) is 6.70. The van der Waals surface area contributed by atoms with Crippen LogP contribution in [0.25, 0.3) is 6.08 Å². The van der Waals surface area contributed by atoms with Gasteiger partial charge in [0, 0.05) is 6.07 Å². The summed E-state index contributed by atoms with van der Waals surface area (Å²) in [6, 6.07) is 4.94. The Morgan fingerprint density at radius 2 is 1.17 bits per heavy atom. The highest BCUT2D eigenvalue weighted by Crippen LogP contribution is 2.39. The van der Waals surface area contributed by atoms with Gasteiger partial charge in [-0.2, -0.15) is 0 Å². The molecule has 2 aliphatic rings. The number of methoxy groups -OCH3 is 2. The van der Waals surface area contributed by atoms with Crippen LogP contribution in [0.15, 0.2) is 29.8 Å². The van der Waals surface area contributed by atoms with Gasteiger partial charge in [-0.15, -0.1) is 0 Å². The van der Waals surface area contributed by atoms with E-state index >= 15 is 0 Å². The molecule has 0 atom stereocenters. The summed E-state index contributed by atoms with van der Waals surface area (Å²) in [7, 11) is 2.15. The average Bonchev–Trinajstić information content (AvgIpc) is 3.53. The molecule has 0 amide bonds. The van der Waals surface area contributed by atoms with Crippen molar-refractivity contribution >= 4 is 35.7 Å². The van der Waals surface area contributed by atoms with E-state index in [1.807, 2.05) is 0 Å². The molecule has 0 unspecified atom stereocenters. The quantitative estimate of drug-likeness (QED) is 0.106. The van der Waals surface area contributed by atoms with Crippen LogP contribution in [-0.4, -0.2) is 55.9 Å². The molecule has 0 spiro atoms. The number of benzene rings is 2. The number of carbonyl (C=O) groups is 3. The van der Waals surface area contributed by atoms with Crippen LogP contribution in [0, 0.1) is 20.2 Å². The van der Waals surface area contributed by atoms with E-state index in [9.17, 15) is 34.6 Å². The molecule has 0 aliphatic carbocycles. The van der Waals surface area contributed by atoms with Gasteiger partial charge in [0.05, 0.1) is 47.3 Å². The molecule has 0 bridgehead atoms. The van der Waals surface area contributed by atoms with Gasteiger partial charge in [-0.1, -0.05) is 0 Å². The highest BCUT2D eigenvalue weighted by Gasteiger charge is 2.26. The monoisotopic (exact) mass is 504 g/mol. The third-order valence-electron chi connectivity index (χ3n) is 4.67. The second-order valence-corrected chi connectivity index (χ2v) is 6.70. The summed E-state index contributed by atoms with van der Waals surface area (Å²) in [6.07, 6.45) is 1.43. The lowest BCUT2D eigenvalue weighted by atomic mass is 10.1. The van der Waals surface area contributed by atoms with Gasteiger partial charge in [0.25, 0.3) is 11.4 Å². The van der Waals surface area contributed by atoms with E-state index < -0.39 is 27.4 Å². The first-order valence-electron chi connectivity index (χ1n) is 9.69. The molecule has 0 N–H and O–H groups in total. The number of aldehydes is 1. The van der Waals surface area contributed by atoms with Gasteiger partial charge in [0.2, 0.25) is 13.6 Å². The maximum Gasteiger partial charge on any atom is 0.345 e. The largest absolute Gasteiger partial charge is 0.465 e. The first-order chi connectivity index (χ1) is 17.2. The lowest BCUT2D eigenvalue weighted by molar-refractivity contribution is -0.385. The number of fused-ring (bicyclic) bond motifs is 2. The standard InChI is InChI=1S/C13H11NO8.C8H5NO5/c1-19-12(15)8(13(16)20-2)3-7-4-10-11(22-6-21-10)5-9(7)14(17)18;10-3-5-1-7-8(14-4-13-7)2-6(5)9(11)12/h3-5H,6H2,1-2H3;1-3H,4H2. The summed E-state index contributed by atoms with van der Waals surface area (Å²) >= 11 is 0. The number of ether oxygens (including phenoxy) is 6. The SMILES string of the molecule is COC(=O)C(=Cc1cc2c(cc1[N+](=O)[O-])OCO2)C(=O)OC.O=Cc1cc2c(cc1[N+](=O)[O-])OCO2. The van der Waals surface area contributed by atoms with E-state index in [0.717, 1.165) is 26.4 Å². The molecule has 2 heterocycles. The van der Waals surface area contributed by atoms with Crippen molar-refractivity contribution < 1.29 is 52.7 Å². The van der Waals surface area contributed by atoms with E-state index in [4.69, 9.17) is 18.9 Å². The van der Waals surface area contributed by atoms with Crippen LogP contribution in [0.4, 0.5) is 11.4 Å². The van der Waals surface area contributed by atoms with Crippen molar-refractivity contribution in [3.63, 3.8) is 0 Å². The predicted molar refractivity (Wildman–Crippen MR) is 116 cm³/mol. The van der Waals surface area contributed by atoms with Crippen LogP contribution in [-0.2, 0) is 19.1 Å². The van der Waals surface area contributed by atoms with Crippen LogP contribution in [0.3, 0.4) is 0 Å². The molecule has 0 aromatic heterocycles. The Hall–Kier alpha value is -5.21. The van der Waals surface area contributed by atoms with Crippen molar-refractivity contribution in [2.24, 2.45) is 0 Å². The Morgan fingerprint density at radius 3 is 1.56 bits per heavy atom. The predicted octanol–water partition coefficient (Wildman–Crippen LogP) is 2.19. The molecular formula is C21H16N2O13. The van der Waals surface area contributed by atoms with Gasteiger partial charge in [0.1, 0.15) is 5.57 Å². The molecule has 15 heteroatoms. The third-order valence-corrected chi connectivity index (χ3v) is 4.67. The van der Waals surface area contributed by atoms with Crippen LogP contribution in [0.5, 0.6) is 23.0 Å². The lowest BCUT2D eigenvalue weighted by Gasteiger charge is -2.05. The third kappa shape index (κ3) is 5.30. The van der Waals surface area contributed by atoms with E-state index in [1.165, 1.54) is 18.2 Å². The number of hydrogen-bond donors (Lipinski definition) is 0. The molecule has 188 valence electrons. The van der Waals surface area contributed by atoms with Gasteiger partial charge in [-0.25, -0.2) is 9.59 Å². The normalized spacial score (nSPS) is 11.9. The minimum atomic E-state index is -0.973. The van der Waals surface area contributed by atoms with E-state index in [1.54, 1.807) is 0 Å². The maximum absolute atomic E-state index is 11.6. The number of nitro groups is 2. The van der Waals surface area contributed by atoms with Crippen molar-refractivity contribution in [2.45, 2.75) is 0 Å². The molecule has 15 nitrogen and oxygen atoms in total. The summed E-state index contributed by atoms with van der Waals surface area (Å²) in [6.45, 7) is -0.0463. The molecule has 2 aromatic carbocycles. The number of nitrogens with zero attached hydrogens (tertiary/aromatic N) is 2. The fraction of sp³-hybridized carbons (Fsp3) is 0.190. The number of rotatable bonds is 6. The summed E-state index contributed by atoms with van der Waals surface area (Å²) in [5.41, 5.74) is -1.13. The molecule has 36 heavy (non-hydrogen) atoms. The zero-order valence-corrected chi connectivity index (χ0v) is 18.6. The Morgan fingerprint density at radius 1 is 0.778 bits per heavy atom. The van der Waals surface area contributed by atoms with E-state index in [0.29, 0.717) is 17.8 Å². The Balaban J connectivity index is 0.000000221. The highest BCUT2D eigenvalue weighted by atomic mass is 16.7. The van der Waals surface area contributed by atoms with E-state index in [-0.39, 0.29) is 47.6 Å². The minimum absolute atomic E-state index is 0.0138. The number of carbonyl (C=O) groups excluding carboxylic acids is 3. The van der Waals surface area contributed by atoms with Crippen LogP contribution in [0.2, 0.25) is 0 Å². The molecular weight excluding hydrogens is 488 g/mol. The lowest BCUT2D eigenvalue weighted by Crippen LogP contribution is -2.15. The first-order valence-corrected chi connectivity index (χ1v) is 9.69. The van der Waals surface area contributed by atoms with Gasteiger partial charge < -0.3 is 28.4 Å². The zero-order valence-electron chi connectivity index (χ0n) is 18.6. The summed E-state index contributed by atoms with van der Waals surface area (Å²) in [5, 5.41) is 21.7. The molecule has 2 aliphatic heterocycles. The maximum atomic E-state index is 11.6. The van der Waals surface area contributed by atoms with Crippen molar-refractivity contribution in [3.05, 3.63) is 61.2 Å². The molecule has 4 rings (SSSR count). The van der Waals surface area contributed by atoms with Crippen LogP contribution >= 0.6 is 0 Å². The van der Waals surface area contributed by atoms with Crippen molar-refractivity contribution in [1.82, 2.24) is 0 Å². The average molecular weight is 504 g/mol. The summed E-state index contributed by atoms with van der Waals surface area (Å²) in [4.78, 5) is 54.1. The van der Waals surface area contributed by atoms with Crippen LogP contribution in [0.1, 0.15) is 15.9 Å². The smallest absolute Gasteiger partial charge is 0.345 e. The number of esters is 2. The molecule has 2 aromatic rings. The van der Waals surface area contributed by atoms with Gasteiger partial charge in [0.15, 0.2) is 29.3 Å². The summed E-state index contributed by atoms with van der Waals surface area (Å²) in [5.74, 6) is -0.815. The minimum Gasteiger partial charge on any atom is -0.465 e. The fourth-order valence-electron chi connectivity index (χ4n) is 3.00. The molecule has 0 saturated heterocycles. The van der Waals surface area contributed by atoms with Gasteiger partial charge in [-0.05, 0) is 12.1 Å². The molecule has 0 radical (unpaired) electrons. The van der Waals surface area contributed by atoms with Gasteiger partial charge >= 0.3 is 11.9 Å². The molecule has 0 fully saturated rings. The Bertz CT molecular complexity index is 1270. The first kappa shape index (κ1) is 25.4. The Kier molecular flexibility index (Phi) is 7.63. The fourth-order valence-corrected chi connectivity index (χ4v) is 3.00. The van der Waals surface area contributed by atoms with Crippen LogP contribution < -0.4 is 18.9 Å². The zero-order chi connectivity index (χ0) is 26.4. The van der Waals surface area contributed by atoms with Crippen molar-refractivity contribution in [2.75, 3.05) is 27.8 Å². The highest BCUT2D eigenvalue weighted by molar-refractivity contribution is 6.17. The van der Waals surface area contributed by atoms with Crippen molar-refractivity contribution in [3.8, 4) is 23.0 Å². The topological polar surface area (TPSA) is 193 Å². The molecule has 0 saturated carbocycles. The summed E-state index contributed by atoms with van der Waals surface area (Å²) < 4.78 is 29.0. The van der Waals surface area contributed by atoms with Crippen molar-refractivity contribution in [1.29, 1.82) is 0 Å². The number of nitro benzene ring substituents is 2. The number of hydrogen-bond acceptors (Lipinski definition) is 13.